The van der Waals surface area contributed by atoms with Crippen LogP contribution in [0.25, 0.3) is 0 Å². The number of nitrogens with one attached hydrogen (secondary N) is 1. The molecule has 3 nitrogen and oxygen atoms in total. The van der Waals surface area contributed by atoms with Gasteiger partial charge in [0, 0.05) is 17.0 Å². The van der Waals surface area contributed by atoms with Crippen molar-refractivity contribution >= 4 is 17.3 Å². The summed E-state index contributed by atoms with van der Waals surface area (Å²) >= 11 is 1.75. The number of aliphatic carboxylic acids is 1. The second kappa shape index (κ2) is 4.97. The Hall–Kier alpha value is -0.870. The van der Waals surface area contributed by atoms with E-state index in [1.807, 2.05) is 0 Å². The average molecular weight is 239 g/mol. The third kappa shape index (κ3) is 2.62. The third-order valence-corrected chi connectivity index (χ3v) is 4.08. The Morgan fingerprint density at radius 3 is 3.00 bits per heavy atom. The van der Waals surface area contributed by atoms with Crippen LogP contribution in [0.4, 0.5) is 0 Å². The van der Waals surface area contributed by atoms with Gasteiger partial charge >= 0.3 is 5.97 Å². The highest BCUT2D eigenvalue weighted by molar-refractivity contribution is 7.09. The lowest BCUT2D eigenvalue weighted by atomic mass is 9.79. The Balaban J connectivity index is 1.79. The number of hydrogen-bond acceptors (Lipinski definition) is 3. The van der Waals surface area contributed by atoms with E-state index in [1.54, 1.807) is 11.3 Å². The summed E-state index contributed by atoms with van der Waals surface area (Å²) in [6.07, 6.45) is 2.80. The van der Waals surface area contributed by atoms with Crippen LogP contribution in [0.3, 0.4) is 0 Å². The van der Waals surface area contributed by atoms with Gasteiger partial charge in [0.1, 0.15) is 0 Å². The molecule has 3 unspecified atom stereocenters. The average Bonchev–Trinajstić information content (AvgIpc) is 2.64. The monoisotopic (exact) mass is 239 g/mol. The van der Waals surface area contributed by atoms with Crippen LogP contribution in [0, 0.1) is 5.92 Å². The molecule has 16 heavy (non-hydrogen) atoms. The summed E-state index contributed by atoms with van der Waals surface area (Å²) in [5.41, 5.74) is 0. The first-order valence-electron chi connectivity index (χ1n) is 5.68. The van der Waals surface area contributed by atoms with Crippen LogP contribution in [0.15, 0.2) is 17.5 Å². The van der Waals surface area contributed by atoms with Crippen molar-refractivity contribution in [2.24, 2.45) is 5.92 Å². The molecular weight excluding hydrogens is 222 g/mol. The number of carboxylic acids is 1. The molecule has 0 bridgehead atoms. The van der Waals surface area contributed by atoms with Crippen LogP contribution in [0.5, 0.6) is 0 Å². The van der Waals surface area contributed by atoms with Crippen LogP contribution in [-0.2, 0) is 11.2 Å². The van der Waals surface area contributed by atoms with E-state index in [9.17, 15) is 4.79 Å². The smallest absolute Gasteiger partial charge is 0.308 e. The van der Waals surface area contributed by atoms with Gasteiger partial charge in [0.2, 0.25) is 0 Å². The third-order valence-electron chi connectivity index (χ3n) is 3.18. The zero-order valence-corrected chi connectivity index (χ0v) is 10.2. The van der Waals surface area contributed by atoms with E-state index in [-0.39, 0.29) is 12.0 Å². The van der Waals surface area contributed by atoms with Crippen molar-refractivity contribution in [3.63, 3.8) is 0 Å². The van der Waals surface area contributed by atoms with Crippen LogP contribution in [-0.4, -0.2) is 23.2 Å². The van der Waals surface area contributed by atoms with Gasteiger partial charge in [-0.15, -0.1) is 11.3 Å². The molecule has 1 saturated carbocycles. The Morgan fingerprint density at radius 2 is 2.50 bits per heavy atom. The maximum absolute atomic E-state index is 10.9. The van der Waals surface area contributed by atoms with Crippen molar-refractivity contribution in [2.75, 3.05) is 0 Å². The lowest BCUT2D eigenvalue weighted by Gasteiger charge is -2.36. The van der Waals surface area contributed by atoms with Crippen molar-refractivity contribution in [3.8, 4) is 0 Å². The molecule has 0 amide bonds. The number of carboxylic acid groups (broad SMARTS) is 1. The van der Waals surface area contributed by atoms with Crippen molar-refractivity contribution in [1.82, 2.24) is 5.32 Å². The molecule has 2 rings (SSSR count). The van der Waals surface area contributed by atoms with E-state index in [0.717, 1.165) is 19.3 Å². The molecular formula is C12H17NO2S. The molecule has 0 spiro atoms. The van der Waals surface area contributed by atoms with Crippen LogP contribution in [0.2, 0.25) is 0 Å². The minimum Gasteiger partial charge on any atom is -0.481 e. The predicted octanol–water partition coefficient (Wildman–Crippen LogP) is 2.13. The largest absolute Gasteiger partial charge is 0.481 e. The van der Waals surface area contributed by atoms with Gasteiger partial charge in [0.05, 0.1) is 5.92 Å². The summed E-state index contributed by atoms with van der Waals surface area (Å²) < 4.78 is 0. The maximum Gasteiger partial charge on any atom is 0.308 e. The van der Waals surface area contributed by atoms with Crippen molar-refractivity contribution in [1.29, 1.82) is 0 Å². The molecule has 0 aromatic carbocycles. The standard InChI is InChI=1S/C12H17NO2S/c1-8(7-9-3-2-6-16-9)13-11-5-4-10(11)12(14)15/h2-3,6,8,10-11,13H,4-5,7H2,1H3,(H,14,15). The summed E-state index contributed by atoms with van der Waals surface area (Å²) in [5.74, 6) is -0.835. The van der Waals surface area contributed by atoms with E-state index in [2.05, 4.69) is 29.8 Å². The quantitative estimate of drug-likeness (QED) is 0.827. The molecule has 3 atom stereocenters. The Kier molecular flexibility index (Phi) is 3.61. The summed E-state index contributed by atoms with van der Waals surface area (Å²) in [6, 6.07) is 4.70. The summed E-state index contributed by atoms with van der Waals surface area (Å²) in [5, 5.41) is 14.4. The fourth-order valence-corrected chi connectivity index (χ4v) is 2.99. The zero-order valence-electron chi connectivity index (χ0n) is 9.35. The molecule has 0 aliphatic heterocycles. The van der Waals surface area contributed by atoms with Gasteiger partial charge in [0.25, 0.3) is 0 Å². The second-order valence-corrected chi connectivity index (χ2v) is 5.51. The van der Waals surface area contributed by atoms with Crippen LogP contribution < -0.4 is 5.32 Å². The Morgan fingerprint density at radius 1 is 1.69 bits per heavy atom. The van der Waals surface area contributed by atoms with Crippen molar-refractivity contribution < 1.29 is 9.90 Å². The minimum atomic E-state index is -0.660. The Bertz CT molecular complexity index is 350. The molecule has 1 heterocycles. The first kappa shape index (κ1) is 11.6. The summed E-state index contributed by atoms with van der Waals surface area (Å²) in [4.78, 5) is 12.2. The van der Waals surface area contributed by atoms with E-state index >= 15 is 0 Å². The highest BCUT2D eigenvalue weighted by Gasteiger charge is 2.36. The molecule has 1 aliphatic carbocycles. The SMILES string of the molecule is CC(Cc1cccs1)NC1CCC1C(=O)O. The van der Waals surface area contributed by atoms with E-state index in [4.69, 9.17) is 5.11 Å². The van der Waals surface area contributed by atoms with Gasteiger partial charge in [-0.2, -0.15) is 0 Å². The number of thiophene rings is 1. The topological polar surface area (TPSA) is 49.3 Å². The fourth-order valence-electron chi connectivity index (χ4n) is 2.15. The zero-order chi connectivity index (χ0) is 11.5. The molecule has 1 aliphatic rings. The number of hydrogen-bond donors (Lipinski definition) is 2. The van der Waals surface area contributed by atoms with E-state index in [1.165, 1.54) is 4.88 Å². The summed E-state index contributed by atoms with van der Waals surface area (Å²) in [6.45, 7) is 2.12. The second-order valence-electron chi connectivity index (χ2n) is 4.48. The minimum absolute atomic E-state index is 0.174. The predicted molar refractivity (Wildman–Crippen MR) is 64.8 cm³/mol. The van der Waals surface area contributed by atoms with Gasteiger partial charge in [-0.1, -0.05) is 6.07 Å². The molecule has 4 heteroatoms. The molecule has 1 aromatic rings. The molecule has 2 N–H and O–H groups in total. The van der Waals surface area contributed by atoms with Crippen LogP contribution >= 0.6 is 11.3 Å². The van der Waals surface area contributed by atoms with Crippen molar-refractivity contribution in [3.05, 3.63) is 22.4 Å². The molecule has 1 fully saturated rings. The number of carbonyl (C=O) groups is 1. The molecule has 1 aromatic heterocycles. The lowest BCUT2D eigenvalue weighted by molar-refractivity contribution is -0.146. The van der Waals surface area contributed by atoms with Crippen LogP contribution in [0.1, 0.15) is 24.6 Å². The van der Waals surface area contributed by atoms with E-state index < -0.39 is 5.97 Å². The number of rotatable bonds is 5. The molecule has 88 valence electrons. The lowest BCUT2D eigenvalue weighted by Crippen LogP contribution is -2.51. The first-order chi connectivity index (χ1) is 7.66. The maximum atomic E-state index is 10.9. The first-order valence-corrected chi connectivity index (χ1v) is 6.56. The Labute approximate surface area is 99.5 Å². The summed E-state index contributed by atoms with van der Waals surface area (Å²) in [7, 11) is 0. The van der Waals surface area contributed by atoms with E-state index in [0.29, 0.717) is 6.04 Å². The fraction of sp³-hybridized carbons (Fsp3) is 0.583. The normalized spacial score (nSPS) is 26.1. The van der Waals surface area contributed by atoms with Gasteiger partial charge in [-0.05, 0) is 37.6 Å². The van der Waals surface area contributed by atoms with Gasteiger partial charge < -0.3 is 10.4 Å². The van der Waals surface area contributed by atoms with Crippen molar-refractivity contribution in [2.45, 2.75) is 38.3 Å². The highest BCUT2D eigenvalue weighted by Crippen LogP contribution is 2.28. The molecule has 0 radical (unpaired) electrons. The van der Waals surface area contributed by atoms with Gasteiger partial charge in [-0.25, -0.2) is 0 Å². The highest BCUT2D eigenvalue weighted by atomic mass is 32.1. The molecule has 0 saturated heterocycles. The van der Waals surface area contributed by atoms with Gasteiger partial charge in [-0.3, -0.25) is 4.79 Å². The van der Waals surface area contributed by atoms with Gasteiger partial charge in [0.15, 0.2) is 0 Å².